The number of cyclic esters (lactones) is 1. The van der Waals surface area contributed by atoms with E-state index in [1.165, 1.54) is 0 Å². The fraction of sp³-hybridized carbons (Fsp3) is 0.500. The van der Waals surface area contributed by atoms with E-state index in [0.29, 0.717) is 19.0 Å². The molecule has 104 valence electrons. The van der Waals surface area contributed by atoms with Gasteiger partial charge < -0.3 is 15.2 Å². The SMILES string of the molecule is COc1ccc(N2CC(CN)OC2=O)cc1C(C)C. The number of amides is 1. The molecule has 1 amide bonds. The quantitative estimate of drug-likeness (QED) is 0.904. The largest absolute Gasteiger partial charge is 0.496 e. The van der Waals surface area contributed by atoms with Gasteiger partial charge in [-0.25, -0.2) is 4.79 Å². The van der Waals surface area contributed by atoms with Crippen molar-refractivity contribution in [2.45, 2.75) is 25.9 Å². The molecule has 19 heavy (non-hydrogen) atoms. The van der Waals surface area contributed by atoms with Crippen LogP contribution in [-0.4, -0.2) is 32.4 Å². The Morgan fingerprint density at radius 3 is 2.79 bits per heavy atom. The van der Waals surface area contributed by atoms with E-state index in [-0.39, 0.29) is 12.2 Å². The number of methoxy groups -OCH3 is 1. The normalized spacial score (nSPS) is 18.9. The number of nitrogens with zero attached hydrogens (tertiary/aromatic N) is 1. The van der Waals surface area contributed by atoms with Gasteiger partial charge in [-0.2, -0.15) is 0 Å². The molecule has 1 saturated heterocycles. The summed E-state index contributed by atoms with van der Waals surface area (Å²) in [5, 5.41) is 0. The van der Waals surface area contributed by atoms with Crippen molar-refractivity contribution in [3.63, 3.8) is 0 Å². The number of carbonyl (C=O) groups is 1. The van der Waals surface area contributed by atoms with Gasteiger partial charge in [0.25, 0.3) is 0 Å². The molecule has 2 N–H and O–H groups in total. The Bertz CT molecular complexity index is 474. The highest BCUT2D eigenvalue weighted by molar-refractivity contribution is 5.90. The molecule has 1 aliphatic heterocycles. The first-order valence-corrected chi connectivity index (χ1v) is 6.43. The molecule has 1 heterocycles. The second kappa shape index (κ2) is 5.48. The lowest BCUT2D eigenvalue weighted by Gasteiger charge is -2.18. The maximum atomic E-state index is 11.8. The zero-order valence-electron chi connectivity index (χ0n) is 11.6. The van der Waals surface area contributed by atoms with Gasteiger partial charge in [0.15, 0.2) is 0 Å². The lowest BCUT2D eigenvalue weighted by molar-refractivity contribution is 0.145. The molecule has 0 radical (unpaired) electrons. The smallest absolute Gasteiger partial charge is 0.414 e. The summed E-state index contributed by atoms with van der Waals surface area (Å²) in [6, 6.07) is 5.72. The zero-order valence-corrected chi connectivity index (χ0v) is 11.6. The molecule has 0 saturated carbocycles. The second-order valence-electron chi connectivity index (χ2n) is 4.93. The molecule has 1 unspecified atom stereocenters. The van der Waals surface area contributed by atoms with E-state index in [0.717, 1.165) is 17.0 Å². The Morgan fingerprint density at radius 2 is 2.26 bits per heavy atom. The van der Waals surface area contributed by atoms with Crippen molar-refractivity contribution in [1.29, 1.82) is 0 Å². The highest BCUT2D eigenvalue weighted by Gasteiger charge is 2.31. The summed E-state index contributed by atoms with van der Waals surface area (Å²) in [5.74, 6) is 1.15. The van der Waals surface area contributed by atoms with Crippen LogP contribution >= 0.6 is 0 Å². The van der Waals surface area contributed by atoms with Gasteiger partial charge in [0.2, 0.25) is 0 Å². The molecule has 0 bridgehead atoms. The fourth-order valence-corrected chi connectivity index (χ4v) is 2.20. The molecule has 0 spiro atoms. The number of hydrogen-bond donors (Lipinski definition) is 1. The number of carbonyl (C=O) groups excluding carboxylic acids is 1. The number of hydrogen-bond acceptors (Lipinski definition) is 4. The summed E-state index contributed by atoms with van der Waals surface area (Å²) in [4.78, 5) is 13.4. The number of benzene rings is 1. The predicted molar refractivity (Wildman–Crippen MR) is 73.8 cm³/mol. The van der Waals surface area contributed by atoms with Gasteiger partial charge in [-0.3, -0.25) is 4.90 Å². The molecule has 0 aromatic heterocycles. The number of anilines is 1. The summed E-state index contributed by atoms with van der Waals surface area (Å²) in [6.45, 7) is 5.02. The topological polar surface area (TPSA) is 64.8 Å². The summed E-state index contributed by atoms with van der Waals surface area (Å²) in [7, 11) is 1.65. The van der Waals surface area contributed by atoms with Gasteiger partial charge in [-0.1, -0.05) is 13.8 Å². The van der Waals surface area contributed by atoms with Gasteiger partial charge >= 0.3 is 6.09 Å². The highest BCUT2D eigenvalue weighted by Crippen LogP contribution is 2.32. The predicted octanol–water partition coefficient (Wildman–Crippen LogP) is 2.10. The van der Waals surface area contributed by atoms with E-state index in [4.69, 9.17) is 15.2 Å². The Morgan fingerprint density at radius 1 is 1.53 bits per heavy atom. The van der Waals surface area contributed by atoms with Crippen LogP contribution in [0.1, 0.15) is 25.3 Å². The molecule has 1 aromatic rings. The van der Waals surface area contributed by atoms with Crippen LogP contribution in [-0.2, 0) is 4.74 Å². The van der Waals surface area contributed by atoms with Crippen molar-refractivity contribution in [3.8, 4) is 5.75 Å². The van der Waals surface area contributed by atoms with Gasteiger partial charge in [-0.05, 0) is 29.7 Å². The monoisotopic (exact) mass is 264 g/mol. The minimum atomic E-state index is -0.338. The molecule has 5 nitrogen and oxygen atoms in total. The summed E-state index contributed by atoms with van der Waals surface area (Å²) >= 11 is 0. The summed E-state index contributed by atoms with van der Waals surface area (Å²) in [5.41, 5.74) is 7.43. The van der Waals surface area contributed by atoms with Gasteiger partial charge in [0, 0.05) is 12.2 Å². The van der Waals surface area contributed by atoms with Gasteiger partial charge in [0.05, 0.1) is 13.7 Å². The van der Waals surface area contributed by atoms with E-state index in [1.54, 1.807) is 12.0 Å². The van der Waals surface area contributed by atoms with Crippen LogP contribution in [0, 0.1) is 0 Å². The molecule has 1 aliphatic rings. The van der Waals surface area contributed by atoms with E-state index in [9.17, 15) is 4.79 Å². The van der Waals surface area contributed by atoms with Crippen LogP contribution in [0.3, 0.4) is 0 Å². The van der Waals surface area contributed by atoms with Crippen LogP contribution < -0.4 is 15.4 Å². The highest BCUT2D eigenvalue weighted by atomic mass is 16.6. The molecular weight excluding hydrogens is 244 g/mol. The first-order valence-electron chi connectivity index (χ1n) is 6.43. The minimum Gasteiger partial charge on any atom is -0.496 e. The third-order valence-corrected chi connectivity index (χ3v) is 3.28. The number of nitrogens with two attached hydrogens (primary N) is 1. The zero-order chi connectivity index (χ0) is 14.0. The van der Waals surface area contributed by atoms with Crippen LogP contribution in [0.25, 0.3) is 0 Å². The molecule has 5 heteroatoms. The minimum absolute atomic E-state index is 0.225. The average Bonchev–Trinajstić information content (AvgIpc) is 2.79. The van der Waals surface area contributed by atoms with Gasteiger partial charge in [-0.15, -0.1) is 0 Å². The molecular formula is C14H20N2O3. The van der Waals surface area contributed by atoms with Crippen LogP contribution in [0.2, 0.25) is 0 Å². The maximum absolute atomic E-state index is 11.8. The number of rotatable bonds is 4. The van der Waals surface area contributed by atoms with E-state index in [2.05, 4.69) is 13.8 Å². The van der Waals surface area contributed by atoms with Gasteiger partial charge in [0.1, 0.15) is 11.9 Å². The lowest BCUT2D eigenvalue weighted by atomic mass is 10.0. The second-order valence-corrected chi connectivity index (χ2v) is 4.93. The Kier molecular flexibility index (Phi) is 3.95. The summed E-state index contributed by atoms with van der Waals surface area (Å²) < 4.78 is 10.5. The maximum Gasteiger partial charge on any atom is 0.414 e. The molecule has 1 aromatic carbocycles. The molecule has 2 rings (SSSR count). The lowest BCUT2D eigenvalue weighted by Crippen LogP contribution is -2.27. The molecule has 0 aliphatic carbocycles. The standard InChI is InChI=1S/C14H20N2O3/c1-9(2)12-6-10(4-5-13(12)18-3)16-8-11(7-15)19-14(16)17/h4-6,9,11H,7-8,15H2,1-3H3. The van der Waals surface area contributed by atoms with Crippen molar-refractivity contribution >= 4 is 11.8 Å². The van der Waals surface area contributed by atoms with Crippen molar-refractivity contribution in [2.75, 3.05) is 25.1 Å². The van der Waals surface area contributed by atoms with E-state index < -0.39 is 0 Å². The van der Waals surface area contributed by atoms with Crippen LogP contribution in [0.15, 0.2) is 18.2 Å². The first kappa shape index (κ1) is 13.7. The van der Waals surface area contributed by atoms with Crippen molar-refractivity contribution in [1.82, 2.24) is 0 Å². The fourth-order valence-electron chi connectivity index (χ4n) is 2.20. The third kappa shape index (κ3) is 2.66. The van der Waals surface area contributed by atoms with Crippen molar-refractivity contribution in [3.05, 3.63) is 23.8 Å². The van der Waals surface area contributed by atoms with E-state index in [1.807, 2.05) is 18.2 Å². The van der Waals surface area contributed by atoms with E-state index >= 15 is 0 Å². The molecule has 1 fully saturated rings. The third-order valence-electron chi connectivity index (χ3n) is 3.28. The Balaban J connectivity index is 2.31. The van der Waals surface area contributed by atoms with Crippen LogP contribution in [0.5, 0.6) is 5.75 Å². The van der Waals surface area contributed by atoms with Crippen molar-refractivity contribution < 1.29 is 14.3 Å². The number of ether oxygens (including phenoxy) is 2. The summed E-state index contributed by atoms with van der Waals surface area (Å²) in [6.07, 6.45) is -0.563. The van der Waals surface area contributed by atoms with Crippen LogP contribution in [0.4, 0.5) is 10.5 Å². The average molecular weight is 264 g/mol. The first-order chi connectivity index (χ1) is 9.06. The Hall–Kier alpha value is -1.75. The molecule has 1 atom stereocenters. The Labute approximate surface area is 113 Å². The van der Waals surface area contributed by atoms with Crippen molar-refractivity contribution in [2.24, 2.45) is 5.73 Å².